The van der Waals surface area contributed by atoms with Crippen molar-refractivity contribution in [1.29, 1.82) is 0 Å². The van der Waals surface area contributed by atoms with Crippen LogP contribution in [0.2, 0.25) is 0 Å². The molecule has 2 rings (SSSR count). The van der Waals surface area contributed by atoms with Gasteiger partial charge in [0.1, 0.15) is 11.6 Å². The molecule has 1 aromatic carbocycles. The minimum absolute atomic E-state index is 0.405. The van der Waals surface area contributed by atoms with E-state index in [-0.39, 0.29) is 0 Å². The molecule has 2 aromatic rings. The Kier molecular flexibility index (Phi) is 3.38. The van der Waals surface area contributed by atoms with E-state index < -0.39 is 10.8 Å². The lowest BCUT2D eigenvalue weighted by atomic mass is 10.2. The van der Waals surface area contributed by atoms with Crippen LogP contribution in [0.3, 0.4) is 0 Å². The number of hydrogen-bond donors (Lipinski definition) is 0. The second-order valence-electron chi connectivity index (χ2n) is 3.98. The average molecular weight is 249 g/mol. The van der Waals surface area contributed by atoms with Crippen LogP contribution in [0.4, 0.5) is 0 Å². The number of aromatic nitrogens is 3. The second-order valence-corrected chi connectivity index (χ2v) is 5.40. The van der Waals surface area contributed by atoms with Crippen LogP contribution in [0.5, 0.6) is 0 Å². The van der Waals surface area contributed by atoms with Crippen molar-refractivity contribution < 1.29 is 4.21 Å². The number of hydrogen-bond acceptors (Lipinski definition) is 3. The molecule has 0 spiro atoms. The number of rotatable bonds is 3. The summed E-state index contributed by atoms with van der Waals surface area (Å²) in [5, 5.41) is 7.99. The van der Waals surface area contributed by atoms with Crippen LogP contribution in [0.15, 0.2) is 29.2 Å². The third kappa shape index (κ3) is 2.44. The van der Waals surface area contributed by atoms with E-state index in [0.29, 0.717) is 5.75 Å². The summed E-state index contributed by atoms with van der Waals surface area (Å²) in [6.07, 6.45) is 0. The zero-order valence-corrected chi connectivity index (χ0v) is 11.0. The van der Waals surface area contributed by atoms with Crippen molar-refractivity contribution in [2.24, 2.45) is 7.05 Å². The molecule has 1 atom stereocenters. The molecule has 90 valence electrons. The Labute approximate surface area is 103 Å². The van der Waals surface area contributed by atoms with Crippen molar-refractivity contribution in [2.45, 2.75) is 24.5 Å². The highest BCUT2D eigenvalue weighted by atomic mass is 32.2. The van der Waals surface area contributed by atoms with Gasteiger partial charge >= 0.3 is 0 Å². The van der Waals surface area contributed by atoms with Crippen LogP contribution in [0.1, 0.15) is 17.2 Å². The summed E-state index contributed by atoms with van der Waals surface area (Å²) in [5.41, 5.74) is 1.05. The molecule has 0 fully saturated rings. The van der Waals surface area contributed by atoms with Crippen molar-refractivity contribution in [3.05, 3.63) is 41.5 Å². The van der Waals surface area contributed by atoms with Crippen molar-refractivity contribution in [1.82, 2.24) is 14.8 Å². The van der Waals surface area contributed by atoms with Gasteiger partial charge in [0.25, 0.3) is 0 Å². The lowest BCUT2D eigenvalue weighted by Gasteiger charge is -2.05. The molecule has 0 N–H and O–H groups in total. The van der Waals surface area contributed by atoms with Gasteiger partial charge in [-0.15, -0.1) is 10.2 Å². The van der Waals surface area contributed by atoms with E-state index in [0.717, 1.165) is 22.1 Å². The Morgan fingerprint density at radius 1 is 1.24 bits per heavy atom. The molecule has 0 aliphatic carbocycles. The van der Waals surface area contributed by atoms with Gasteiger partial charge in [-0.25, -0.2) is 0 Å². The highest BCUT2D eigenvalue weighted by Gasteiger charge is 2.12. The zero-order chi connectivity index (χ0) is 12.4. The van der Waals surface area contributed by atoms with Gasteiger partial charge in [-0.05, 0) is 25.5 Å². The Morgan fingerprint density at radius 2 is 1.94 bits per heavy atom. The van der Waals surface area contributed by atoms with E-state index >= 15 is 0 Å². The molecule has 0 aliphatic heterocycles. The molecule has 0 bridgehead atoms. The van der Waals surface area contributed by atoms with Gasteiger partial charge in [0, 0.05) is 11.9 Å². The molecule has 5 heteroatoms. The van der Waals surface area contributed by atoms with E-state index in [1.165, 1.54) is 0 Å². The molecule has 1 heterocycles. The Bertz CT molecular complexity index is 563. The molecule has 0 radical (unpaired) electrons. The van der Waals surface area contributed by atoms with Crippen LogP contribution >= 0.6 is 0 Å². The molecule has 0 aliphatic rings. The van der Waals surface area contributed by atoms with Crippen LogP contribution in [-0.2, 0) is 23.6 Å². The molecule has 4 nitrogen and oxygen atoms in total. The number of nitrogens with zero attached hydrogens (tertiary/aromatic N) is 3. The zero-order valence-electron chi connectivity index (χ0n) is 10.2. The number of aryl methyl sites for hydroxylation is 2. The molecule has 0 saturated heterocycles. The van der Waals surface area contributed by atoms with E-state index in [9.17, 15) is 4.21 Å². The Morgan fingerprint density at radius 3 is 2.53 bits per heavy atom. The highest BCUT2D eigenvalue weighted by molar-refractivity contribution is 7.84. The van der Waals surface area contributed by atoms with Gasteiger partial charge in [-0.2, -0.15) is 0 Å². The SMILES string of the molecule is Cc1ccccc1[S@@](=O)Cc1nnc(C)n1C. The lowest BCUT2D eigenvalue weighted by molar-refractivity contribution is 0.678. The first kappa shape index (κ1) is 12.0. The van der Waals surface area contributed by atoms with E-state index in [4.69, 9.17) is 0 Å². The standard InChI is InChI=1S/C12H15N3OS/c1-9-6-4-5-7-11(9)17(16)8-12-14-13-10(2)15(12)3/h4-7H,8H2,1-3H3/t17-/m0/s1. The third-order valence-electron chi connectivity index (χ3n) is 2.78. The van der Waals surface area contributed by atoms with Crippen LogP contribution in [-0.4, -0.2) is 19.0 Å². The first-order valence-corrected chi connectivity index (χ1v) is 6.70. The van der Waals surface area contributed by atoms with Gasteiger partial charge < -0.3 is 4.57 Å². The molecule has 17 heavy (non-hydrogen) atoms. The van der Waals surface area contributed by atoms with Crippen molar-refractivity contribution in [2.75, 3.05) is 0 Å². The summed E-state index contributed by atoms with van der Waals surface area (Å²) >= 11 is 0. The molecule has 1 aromatic heterocycles. The van der Waals surface area contributed by atoms with Gasteiger partial charge in [0.05, 0.1) is 16.6 Å². The smallest absolute Gasteiger partial charge is 0.145 e. The quantitative estimate of drug-likeness (QED) is 0.832. The minimum Gasteiger partial charge on any atom is -0.318 e. The lowest BCUT2D eigenvalue weighted by Crippen LogP contribution is -2.05. The van der Waals surface area contributed by atoms with E-state index in [1.807, 2.05) is 49.7 Å². The molecule has 0 amide bonds. The maximum atomic E-state index is 12.2. The van der Waals surface area contributed by atoms with Crippen LogP contribution in [0, 0.1) is 13.8 Å². The predicted octanol–water partition coefficient (Wildman–Crippen LogP) is 1.74. The monoisotopic (exact) mass is 249 g/mol. The normalized spacial score (nSPS) is 12.6. The van der Waals surface area contributed by atoms with Crippen LogP contribution < -0.4 is 0 Å². The summed E-state index contributed by atoms with van der Waals surface area (Å²) in [5.74, 6) is 1.99. The fourth-order valence-electron chi connectivity index (χ4n) is 1.58. The van der Waals surface area contributed by atoms with Crippen molar-refractivity contribution >= 4 is 10.8 Å². The fourth-order valence-corrected chi connectivity index (χ4v) is 2.88. The van der Waals surface area contributed by atoms with E-state index in [1.54, 1.807) is 0 Å². The van der Waals surface area contributed by atoms with Gasteiger partial charge in [0.15, 0.2) is 0 Å². The first-order valence-electron chi connectivity index (χ1n) is 5.38. The first-order chi connectivity index (χ1) is 8.09. The molecular formula is C12H15N3OS. The maximum Gasteiger partial charge on any atom is 0.145 e. The highest BCUT2D eigenvalue weighted by Crippen LogP contribution is 2.15. The van der Waals surface area contributed by atoms with Gasteiger partial charge in [-0.1, -0.05) is 18.2 Å². The maximum absolute atomic E-state index is 12.2. The second kappa shape index (κ2) is 4.79. The minimum atomic E-state index is -1.07. The molecule has 0 unspecified atom stereocenters. The number of benzene rings is 1. The summed E-state index contributed by atoms with van der Waals surface area (Å²) in [6, 6.07) is 7.72. The Hall–Kier alpha value is -1.49. The predicted molar refractivity (Wildman–Crippen MR) is 67.0 cm³/mol. The largest absolute Gasteiger partial charge is 0.318 e. The summed E-state index contributed by atoms with van der Waals surface area (Å²) in [7, 11) is 0.822. The Balaban J connectivity index is 2.23. The fraction of sp³-hybridized carbons (Fsp3) is 0.333. The summed E-state index contributed by atoms with van der Waals surface area (Å²) in [4.78, 5) is 0.869. The summed E-state index contributed by atoms with van der Waals surface area (Å²) < 4.78 is 14.1. The van der Waals surface area contributed by atoms with Crippen molar-refractivity contribution in [3.8, 4) is 0 Å². The summed E-state index contributed by atoms with van der Waals surface area (Å²) in [6.45, 7) is 3.85. The van der Waals surface area contributed by atoms with Crippen LogP contribution in [0.25, 0.3) is 0 Å². The molecule has 0 saturated carbocycles. The van der Waals surface area contributed by atoms with E-state index in [2.05, 4.69) is 10.2 Å². The molecular weight excluding hydrogens is 234 g/mol. The average Bonchev–Trinajstić information content (AvgIpc) is 2.61. The van der Waals surface area contributed by atoms with Gasteiger partial charge in [0.2, 0.25) is 0 Å². The van der Waals surface area contributed by atoms with Gasteiger partial charge in [-0.3, -0.25) is 4.21 Å². The topological polar surface area (TPSA) is 47.8 Å². The third-order valence-corrected chi connectivity index (χ3v) is 4.25. The van der Waals surface area contributed by atoms with Crippen molar-refractivity contribution in [3.63, 3.8) is 0 Å².